The molecule has 0 amide bonds. The first kappa shape index (κ1) is 13.9. The summed E-state index contributed by atoms with van der Waals surface area (Å²) in [6.45, 7) is 2.79. The van der Waals surface area contributed by atoms with E-state index >= 15 is 0 Å². The maximum Gasteiger partial charge on any atom is 0.148 e. The van der Waals surface area contributed by atoms with Crippen molar-refractivity contribution in [3.05, 3.63) is 0 Å². The Morgan fingerprint density at radius 1 is 1.50 bits per heavy atom. The van der Waals surface area contributed by atoms with Gasteiger partial charge in [-0.2, -0.15) is 0 Å². The average Bonchev–Trinajstić information content (AvgIpc) is 2.18. The molecule has 0 aliphatic carbocycles. The van der Waals surface area contributed by atoms with Gasteiger partial charge in [0.15, 0.2) is 0 Å². The second-order valence-corrected chi connectivity index (χ2v) is 6.94. The summed E-state index contributed by atoms with van der Waals surface area (Å²) < 4.78 is 27.4. The molecule has 0 saturated carbocycles. The van der Waals surface area contributed by atoms with E-state index in [4.69, 9.17) is 10.5 Å². The van der Waals surface area contributed by atoms with Crippen molar-refractivity contribution in [3.63, 3.8) is 0 Å². The Labute approximate surface area is 97.9 Å². The molecule has 2 unspecified atom stereocenters. The number of rotatable bonds is 5. The summed E-state index contributed by atoms with van der Waals surface area (Å²) in [6, 6.07) is 0.175. The van der Waals surface area contributed by atoms with Gasteiger partial charge in [0.05, 0.1) is 12.4 Å². The van der Waals surface area contributed by atoms with Gasteiger partial charge in [-0.1, -0.05) is 0 Å². The smallest absolute Gasteiger partial charge is 0.148 e. The van der Waals surface area contributed by atoms with Crippen LogP contribution in [-0.2, 0) is 14.6 Å². The molecule has 0 aromatic heterocycles. The monoisotopic (exact) mass is 250 g/mol. The normalized spacial score (nSPS) is 27.2. The number of hydrogen-bond acceptors (Lipinski definition) is 5. The lowest BCUT2D eigenvalue weighted by molar-refractivity contribution is 0.0301. The summed E-state index contributed by atoms with van der Waals surface area (Å²) in [5, 5.41) is 0. The molecule has 96 valence electrons. The molecule has 1 aliphatic rings. The van der Waals surface area contributed by atoms with Crippen molar-refractivity contribution >= 4 is 9.84 Å². The van der Waals surface area contributed by atoms with Crippen LogP contribution in [0.25, 0.3) is 0 Å². The molecule has 0 aromatic carbocycles. The third kappa shape index (κ3) is 5.25. The average molecular weight is 250 g/mol. The topological polar surface area (TPSA) is 72.6 Å². The second-order valence-electron chi connectivity index (χ2n) is 4.68. The van der Waals surface area contributed by atoms with Gasteiger partial charge in [-0.25, -0.2) is 8.42 Å². The maximum absolute atomic E-state index is 11.0. The van der Waals surface area contributed by atoms with E-state index in [2.05, 4.69) is 0 Å². The highest BCUT2D eigenvalue weighted by Gasteiger charge is 2.23. The van der Waals surface area contributed by atoms with Crippen molar-refractivity contribution in [2.24, 2.45) is 11.7 Å². The Bertz CT molecular complexity index is 305. The lowest BCUT2D eigenvalue weighted by atomic mass is 9.96. The lowest BCUT2D eigenvalue weighted by Crippen LogP contribution is -2.45. The van der Waals surface area contributed by atoms with E-state index in [1.807, 2.05) is 11.9 Å². The van der Waals surface area contributed by atoms with Crippen LogP contribution in [0, 0.1) is 5.92 Å². The Morgan fingerprint density at radius 2 is 2.19 bits per heavy atom. The molecule has 1 saturated heterocycles. The van der Waals surface area contributed by atoms with Crippen LogP contribution in [0.5, 0.6) is 0 Å². The molecule has 1 rings (SSSR count). The van der Waals surface area contributed by atoms with E-state index in [-0.39, 0.29) is 11.8 Å². The molecule has 5 nitrogen and oxygen atoms in total. The third-order valence-electron chi connectivity index (χ3n) is 2.92. The van der Waals surface area contributed by atoms with Gasteiger partial charge in [0.2, 0.25) is 0 Å². The van der Waals surface area contributed by atoms with Crippen molar-refractivity contribution in [2.45, 2.75) is 12.5 Å². The fourth-order valence-electron chi connectivity index (χ4n) is 1.81. The molecule has 16 heavy (non-hydrogen) atoms. The molecule has 1 fully saturated rings. The largest absolute Gasteiger partial charge is 0.381 e. The Balaban J connectivity index is 2.30. The van der Waals surface area contributed by atoms with E-state index in [0.717, 1.165) is 19.6 Å². The molecule has 0 radical (unpaired) electrons. The zero-order chi connectivity index (χ0) is 12.2. The van der Waals surface area contributed by atoms with E-state index in [0.29, 0.717) is 19.1 Å². The van der Waals surface area contributed by atoms with Crippen molar-refractivity contribution < 1.29 is 13.2 Å². The van der Waals surface area contributed by atoms with Crippen LogP contribution in [0.3, 0.4) is 0 Å². The summed E-state index contributed by atoms with van der Waals surface area (Å²) in [6.07, 6.45) is 2.15. The summed E-state index contributed by atoms with van der Waals surface area (Å²) in [4.78, 5) is 2.01. The van der Waals surface area contributed by atoms with E-state index < -0.39 is 9.84 Å². The molecule has 2 N–H and O–H groups in total. The molecule has 0 aromatic rings. The van der Waals surface area contributed by atoms with Crippen LogP contribution in [-0.4, -0.2) is 64.7 Å². The standard InChI is InChI=1S/C10H22N2O3S/c1-12(4-6-16(2,13)14)7-9-8-15-5-3-10(9)11/h9-10H,3-8,11H2,1-2H3. The molecule has 6 heteroatoms. The fraction of sp³-hybridized carbons (Fsp3) is 1.00. The highest BCUT2D eigenvalue weighted by molar-refractivity contribution is 7.90. The van der Waals surface area contributed by atoms with Crippen molar-refractivity contribution in [2.75, 3.05) is 45.4 Å². The number of sulfone groups is 1. The summed E-state index contributed by atoms with van der Waals surface area (Å²) in [7, 11) is -0.955. The SMILES string of the molecule is CN(CCS(C)(=O)=O)CC1COCCC1N. The first-order chi connectivity index (χ1) is 7.38. The zero-order valence-electron chi connectivity index (χ0n) is 10.1. The molecule has 0 spiro atoms. The van der Waals surface area contributed by atoms with Gasteiger partial charge in [0.25, 0.3) is 0 Å². The van der Waals surface area contributed by atoms with Crippen LogP contribution >= 0.6 is 0 Å². The minimum atomic E-state index is -2.88. The van der Waals surface area contributed by atoms with Gasteiger partial charge in [-0.05, 0) is 13.5 Å². The van der Waals surface area contributed by atoms with Crippen LogP contribution in [0.4, 0.5) is 0 Å². The highest BCUT2D eigenvalue weighted by atomic mass is 32.2. The minimum Gasteiger partial charge on any atom is -0.381 e. The first-order valence-corrected chi connectivity index (χ1v) is 7.64. The van der Waals surface area contributed by atoms with Gasteiger partial charge >= 0.3 is 0 Å². The number of nitrogens with zero attached hydrogens (tertiary/aromatic N) is 1. The number of ether oxygens (including phenoxy) is 1. The molecular formula is C10H22N2O3S. The van der Waals surface area contributed by atoms with Crippen LogP contribution in [0.15, 0.2) is 0 Å². The number of nitrogens with two attached hydrogens (primary N) is 1. The predicted octanol–water partition coefficient (Wildman–Crippen LogP) is -0.673. The summed E-state index contributed by atoms with van der Waals surface area (Å²) >= 11 is 0. The number of hydrogen-bond donors (Lipinski definition) is 1. The van der Waals surface area contributed by atoms with Gasteiger partial charge < -0.3 is 15.4 Å². The molecular weight excluding hydrogens is 228 g/mol. The van der Waals surface area contributed by atoms with Crippen LogP contribution in [0.1, 0.15) is 6.42 Å². The molecule has 2 atom stereocenters. The third-order valence-corrected chi connectivity index (χ3v) is 3.85. The fourth-order valence-corrected chi connectivity index (χ4v) is 2.46. The second kappa shape index (κ2) is 5.95. The zero-order valence-corrected chi connectivity index (χ0v) is 10.9. The maximum atomic E-state index is 11.0. The van der Waals surface area contributed by atoms with E-state index in [1.54, 1.807) is 0 Å². The Hall–Kier alpha value is -0.170. The van der Waals surface area contributed by atoms with E-state index in [1.165, 1.54) is 6.26 Å². The van der Waals surface area contributed by atoms with Crippen molar-refractivity contribution in [1.82, 2.24) is 4.90 Å². The Kier molecular flexibility index (Phi) is 5.17. The quantitative estimate of drug-likeness (QED) is 0.700. The lowest BCUT2D eigenvalue weighted by Gasteiger charge is -2.31. The predicted molar refractivity (Wildman–Crippen MR) is 64.1 cm³/mol. The Morgan fingerprint density at radius 3 is 2.75 bits per heavy atom. The summed E-state index contributed by atoms with van der Waals surface area (Å²) in [5.41, 5.74) is 5.98. The van der Waals surface area contributed by atoms with E-state index in [9.17, 15) is 8.42 Å². The van der Waals surface area contributed by atoms with Crippen molar-refractivity contribution in [1.29, 1.82) is 0 Å². The van der Waals surface area contributed by atoms with Crippen LogP contribution in [0.2, 0.25) is 0 Å². The van der Waals surface area contributed by atoms with Gasteiger partial charge in [0, 0.05) is 37.9 Å². The molecule has 0 bridgehead atoms. The van der Waals surface area contributed by atoms with Gasteiger partial charge in [0.1, 0.15) is 9.84 Å². The van der Waals surface area contributed by atoms with Gasteiger partial charge in [-0.15, -0.1) is 0 Å². The highest BCUT2D eigenvalue weighted by Crippen LogP contribution is 2.13. The summed E-state index contributed by atoms with van der Waals surface area (Å²) in [5.74, 6) is 0.519. The first-order valence-electron chi connectivity index (χ1n) is 5.58. The van der Waals surface area contributed by atoms with Gasteiger partial charge in [-0.3, -0.25) is 0 Å². The van der Waals surface area contributed by atoms with Crippen molar-refractivity contribution in [3.8, 4) is 0 Å². The van der Waals surface area contributed by atoms with Crippen LogP contribution < -0.4 is 5.73 Å². The molecule has 1 heterocycles. The molecule has 1 aliphatic heterocycles. The minimum absolute atomic E-state index is 0.175.